The van der Waals surface area contributed by atoms with Crippen molar-refractivity contribution in [3.8, 4) is 0 Å². The minimum absolute atomic E-state index is 0.455. The minimum atomic E-state index is -4.04. The van der Waals surface area contributed by atoms with Crippen LogP contribution in [0.4, 0.5) is 0 Å². The SMILES string of the molecule is C/N=C/C(I)=C\N(C(C)=O)S(N)(=O)=O. The smallest absolute Gasteiger partial charge is 0.295 e. The van der Waals surface area contributed by atoms with E-state index in [0.717, 1.165) is 13.1 Å². The monoisotopic (exact) mass is 331 g/mol. The molecule has 0 aliphatic heterocycles. The van der Waals surface area contributed by atoms with E-state index in [9.17, 15) is 13.2 Å². The van der Waals surface area contributed by atoms with Crippen molar-refractivity contribution >= 4 is 44.9 Å². The largest absolute Gasteiger partial charge is 0.305 e. The Morgan fingerprint density at radius 1 is 1.57 bits per heavy atom. The van der Waals surface area contributed by atoms with Crippen LogP contribution in [0.3, 0.4) is 0 Å². The molecule has 0 heterocycles. The third-order valence-corrected chi connectivity index (χ3v) is 2.55. The first-order valence-electron chi connectivity index (χ1n) is 3.41. The summed E-state index contributed by atoms with van der Waals surface area (Å²) in [7, 11) is -2.51. The maximum atomic E-state index is 10.9. The number of nitrogens with two attached hydrogens (primary N) is 1. The lowest BCUT2D eigenvalue weighted by atomic mass is 10.6. The number of carbonyl (C=O) groups is 1. The Kier molecular flexibility index (Phi) is 5.23. The van der Waals surface area contributed by atoms with Crippen molar-refractivity contribution < 1.29 is 13.2 Å². The van der Waals surface area contributed by atoms with Gasteiger partial charge in [0.25, 0.3) is 0 Å². The zero-order valence-electron chi connectivity index (χ0n) is 7.64. The van der Waals surface area contributed by atoms with E-state index in [-0.39, 0.29) is 0 Å². The molecule has 0 unspecified atom stereocenters. The van der Waals surface area contributed by atoms with E-state index in [0.29, 0.717) is 7.89 Å². The van der Waals surface area contributed by atoms with Gasteiger partial charge in [0, 0.05) is 30.0 Å². The Morgan fingerprint density at radius 2 is 2.07 bits per heavy atom. The van der Waals surface area contributed by atoms with Gasteiger partial charge in [-0.15, -0.1) is 0 Å². The fourth-order valence-corrected chi connectivity index (χ4v) is 1.98. The summed E-state index contributed by atoms with van der Waals surface area (Å²) in [4.78, 5) is 14.6. The van der Waals surface area contributed by atoms with Crippen LogP contribution in [-0.4, -0.2) is 31.9 Å². The van der Waals surface area contributed by atoms with Gasteiger partial charge in [0.05, 0.1) is 0 Å². The van der Waals surface area contributed by atoms with Crippen LogP contribution in [0.5, 0.6) is 0 Å². The molecule has 0 aromatic rings. The predicted octanol–water partition coefficient (Wildman–Crippen LogP) is 0.0154. The van der Waals surface area contributed by atoms with Crippen molar-refractivity contribution in [1.82, 2.24) is 4.31 Å². The summed E-state index contributed by atoms with van der Waals surface area (Å²) in [5.41, 5.74) is 0. The maximum Gasteiger partial charge on any atom is 0.305 e. The number of nitrogens with zero attached hydrogens (tertiary/aromatic N) is 2. The van der Waals surface area contributed by atoms with E-state index in [1.165, 1.54) is 13.3 Å². The second-order valence-corrected chi connectivity index (χ2v) is 4.93. The highest BCUT2D eigenvalue weighted by Gasteiger charge is 2.17. The van der Waals surface area contributed by atoms with Gasteiger partial charge < -0.3 is 0 Å². The summed E-state index contributed by atoms with van der Waals surface area (Å²) >= 11 is 1.83. The molecule has 0 fully saturated rings. The number of carbonyl (C=O) groups excluding carboxylic acids is 1. The van der Waals surface area contributed by atoms with Crippen molar-refractivity contribution in [2.75, 3.05) is 7.05 Å². The first-order chi connectivity index (χ1) is 6.29. The molecule has 0 radical (unpaired) electrons. The average molecular weight is 331 g/mol. The maximum absolute atomic E-state index is 10.9. The normalized spacial score (nSPS) is 13.3. The summed E-state index contributed by atoms with van der Waals surface area (Å²) in [5.74, 6) is -0.675. The van der Waals surface area contributed by atoms with Gasteiger partial charge in [-0.2, -0.15) is 8.42 Å². The van der Waals surface area contributed by atoms with Gasteiger partial charge in [0.15, 0.2) is 0 Å². The summed E-state index contributed by atoms with van der Waals surface area (Å²) in [6, 6.07) is 0. The molecule has 0 aromatic heterocycles. The van der Waals surface area contributed by atoms with Gasteiger partial charge >= 0.3 is 10.2 Å². The lowest BCUT2D eigenvalue weighted by Crippen LogP contribution is -2.36. The van der Waals surface area contributed by atoms with Crippen molar-refractivity contribution in [3.63, 3.8) is 0 Å². The van der Waals surface area contributed by atoms with Crippen LogP contribution in [0.15, 0.2) is 14.8 Å². The fraction of sp³-hybridized carbons (Fsp3) is 0.333. The molecule has 8 heteroatoms. The summed E-state index contributed by atoms with van der Waals surface area (Å²) in [6.45, 7) is 1.11. The Balaban J connectivity index is 5.08. The highest BCUT2D eigenvalue weighted by Crippen LogP contribution is 2.07. The Bertz CT molecular complexity index is 374. The van der Waals surface area contributed by atoms with Crippen LogP contribution in [-0.2, 0) is 15.0 Å². The third kappa shape index (κ3) is 4.67. The lowest BCUT2D eigenvalue weighted by Gasteiger charge is -2.12. The minimum Gasteiger partial charge on any atom is -0.295 e. The van der Waals surface area contributed by atoms with Crippen molar-refractivity contribution in [2.24, 2.45) is 10.1 Å². The van der Waals surface area contributed by atoms with Crippen molar-refractivity contribution in [2.45, 2.75) is 6.92 Å². The molecule has 0 atom stereocenters. The van der Waals surface area contributed by atoms with Crippen molar-refractivity contribution in [1.29, 1.82) is 0 Å². The topological polar surface area (TPSA) is 92.8 Å². The van der Waals surface area contributed by atoms with E-state index in [1.807, 2.05) is 22.6 Å². The molecule has 14 heavy (non-hydrogen) atoms. The third-order valence-electron chi connectivity index (χ3n) is 1.08. The summed E-state index contributed by atoms with van der Waals surface area (Å²) < 4.78 is 22.7. The number of amides is 1. The molecule has 0 saturated carbocycles. The lowest BCUT2D eigenvalue weighted by molar-refractivity contribution is -0.122. The van der Waals surface area contributed by atoms with Gasteiger partial charge in [-0.05, 0) is 22.6 Å². The van der Waals surface area contributed by atoms with Crippen LogP contribution >= 0.6 is 22.6 Å². The molecule has 80 valence electrons. The molecule has 2 N–H and O–H groups in total. The van der Waals surface area contributed by atoms with Gasteiger partial charge in [0.2, 0.25) is 5.91 Å². The van der Waals surface area contributed by atoms with E-state index in [1.54, 1.807) is 0 Å². The number of halogens is 1. The first kappa shape index (κ1) is 13.5. The first-order valence-corrected chi connectivity index (χ1v) is 5.99. The van der Waals surface area contributed by atoms with Crippen LogP contribution in [0.1, 0.15) is 6.92 Å². The standard InChI is InChI=1S/C6H10IN3O3S/c1-5(11)10(14(8,12)13)4-6(7)3-9-2/h3-4H,1-2H3,(H2,8,12,13)/b6-4+,9-3+. The molecule has 0 spiro atoms. The van der Waals surface area contributed by atoms with Gasteiger partial charge in [0.1, 0.15) is 0 Å². The van der Waals surface area contributed by atoms with Crippen LogP contribution < -0.4 is 5.14 Å². The predicted molar refractivity (Wildman–Crippen MR) is 62.1 cm³/mol. The van der Waals surface area contributed by atoms with Gasteiger partial charge in [-0.25, -0.2) is 9.44 Å². The van der Waals surface area contributed by atoms with Crippen LogP contribution in [0.2, 0.25) is 0 Å². The summed E-state index contributed by atoms with van der Waals surface area (Å²) in [6.07, 6.45) is 2.51. The molecule has 0 bridgehead atoms. The number of rotatable bonds is 3. The molecule has 1 amide bonds. The second kappa shape index (κ2) is 5.41. The molecule has 0 aliphatic carbocycles. The quantitative estimate of drug-likeness (QED) is 0.583. The Labute approximate surface area is 96.2 Å². The van der Waals surface area contributed by atoms with Crippen LogP contribution in [0, 0.1) is 0 Å². The van der Waals surface area contributed by atoms with E-state index in [2.05, 4.69) is 4.99 Å². The van der Waals surface area contributed by atoms with Gasteiger partial charge in [-0.1, -0.05) is 0 Å². The number of hydrogen-bond donors (Lipinski definition) is 1. The number of hydrogen-bond acceptors (Lipinski definition) is 4. The van der Waals surface area contributed by atoms with E-state index >= 15 is 0 Å². The Hall–Kier alpha value is -0.480. The zero-order chi connectivity index (χ0) is 11.4. The molecular formula is C6H10IN3O3S. The molecule has 0 aromatic carbocycles. The van der Waals surface area contributed by atoms with Crippen LogP contribution in [0.25, 0.3) is 0 Å². The molecule has 6 nitrogen and oxygen atoms in total. The fourth-order valence-electron chi connectivity index (χ4n) is 0.612. The molecule has 0 aliphatic rings. The molecule has 0 rings (SSSR count). The van der Waals surface area contributed by atoms with E-state index < -0.39 is 16.1 Å². The highest BCUT2D eigenvalue weighted by atomic mass is 127. The second-order valence-electron chi connectivity index (χ2n) is 2.26. The average Bonchev–Trinajstić information content (AvgIpc) is 1.98. The van der Waals surface area contributed by atoms with E-state index in [4.69, 9.17) is 5.14 Å². The van der Waals surface area contributed by atoms with Gasteiger partial charge in [-0.3, -0.25) is 9.79 Å². The number of allylic oxidation sites excluding steroid dienone is 1. The summed E-state index contributed by atoms with van der Waals surface area (Å²) in [5, 5.41) is 4.81. The van der Waals surface area contributed by atoms with Crippen molar-refractivity contribution in [3.05, 3.63) is 9.78 Å². The zero-order valence-corrected chi connectivity index (χ0v) is 10.6. The highest BCUT2D eigenvalue weighted by molar-refractivity contribution is 14.1. The number of aliphatic imine (C=N–C) groups is 1. The molecule has 0 saturated heterocycles. The molecular weight excluding hydrogens is 321 g/mol. The Morgan fingerprint density at radius 3 is 2.36 bits per heavy atom.